The van der Waals surface area contributed by atoms with Gasteiger partial charge in [-0.3, -0.25) is 9.67 Å². The number of thiophene rings is 1. The number of benzene rings is 1. The third-order valence-electron chi connectivity index (χ3n) is 5.73. The first-order chi connectivity index (χ1) is 16.2. The van der Waals surface area contributed by atoms with Crippen LogP contribution in [-0.2, 0) is 16.0 Å². The Balaban J connectivity index is 1.46. The van der Waals surface area contributed by atoms with E-state index < -0.39 is 0 Å². The molecule has 7 nitrogen and oxygen atoms in total. The minimum Gasteiger partial charge on any atom is -0.489 e. The van der Waals surface area contributed by atoms with E-state index in [2.05, 4.69) is 22.2 Å². The molecule has 1 fully saturated rings. The van der Waals surface area contributed by atoms with Crippen LogP contribution in [-0.4, -0.2) is 47.8 Å². The van der Waals surface area contributed by atoms with E-state index >= 15 is 0 Å². The van der Waals surface area contributed by atoms with Crippen LogP contribution in [0.4, 0.5) is 0 Å². The fraction of sp³-hybridized carbons (Fsp3) is 0.320. The summed E-state index contributed by atoms with van der Waals surface area (Å²) in [6.07, 6.45) is 7.49. The number of nitriles is 1. The Bertz CT molecular complexity index is 1300. The Morgan fingerprint density at radius 1 is 1.21 bits per heavy atom. The molecular formula is C25H24N4O3S. The van der Waals surface area contributed by atoms with Gasteiger partial charge < -0.3 is 14.2 Å². The average Bonchev–Trinajstić information content (AvgIpc) is 3.50. The second kappa shape index (κ2) is 9.71. The molecule has 0 N–H and O–H groups in total. The molecule has 1 aromatic carbocycles. The Labute approximate surface area is 196 Å². The van der Waals surface area contributed by atoms with Crippen molar-refractivity contribution >= 4 is 21.6 Å². The number of methoxy groups -OCH3 is 1. The van der Waals surface area contributed by atoms with Crippen molar-refractivity contribution in [1.29, 1.82) is 5.26 Å². The molecule has 0 atom stereocenters. The minimum absolute atomic E-state index is 0.0917. The maximum Gasteiger partial charge on any atom is 0.137 e. The molecule has 1 saturated heterocycles. The molecule has 0 aliphatic carbocycles. The van der Waals surface area contributed by atoms with E-state index in [1.165, 1.54) is 0 Å². The molecule has 5 rings (SSSR count). The van der Waals surface area contributed by atoms with Gasteiger partial charge >= 0.3 is 0 Å². The van der Waals surface area contributed by atoms with Gasteiger partial charge in [0, 0.05) is 48.3 Å². The van der Waals surface area contributed by atoms with Gasteiger partial charge in [0.25, 0.3) is 0 Å². The zero-order chi connectivity index (χ0) is 22.6. The first-order valence-corrected chi connectivity index (χ1v) is 11.8. The third kappa shape index (κ3) is 4.62. The highest BCUT2D eigenvalue weighted by molar-refractivity contribution is 7.22. The quantitative estimate of drug-likeness (QED) is 0.390. The summed E-state index contributed by atoms with van der Waals surface area (Å²) < 4.78 is 19.6. The topological polar surface area (TPSA) is 82.2 Å². The summed E-state index contributed by atoms with van der Waals surface area (Å²) in [5, 5.41) is 14.2. The Morgan fingerprint density at radius 2 is 2.09 bits per heavy atom. The van der Waals surface area contributed by atoms with E-state index in [-0.39, 0.29) is 6.10 Å². The van der Waals surface area contributed by atoms with Crippen LogP contribution in [0.5, 0.6) is 5.75 Å². The largest absolute Gasteiger partial charge is 0.489 e. The lowest BCUT2D eigenvalue weighted by molar-refractivity contribution is 0.0254. The molecular weight excluding hydrogens is 436 g/mol. The van der Waals surface area contributed by atoms with Gasteiger partial charge in [-0.1, -0.05) is 6.07 Å². The lowest BCUT2D eigenvalue weighted by atomic mass is 10.0. The molecule has 8 heteroatoms. The van der Waals surface area contributed by atoms with Crippen LogP contribution in [0.3, 0.4) is 0 Å². The molecule has 33 heavy (non-hydrogen) atoms. The minimum atomic E-state index is 0.0917. The summed E-state index contributed by atoms with van der Waals surface area (Å²) in [6.45, 7) is 2.73. The van der Waals surface area contributed by atoms with Crippen molar-refractivity contribution < 1.29 is 14.2 Å². The van der Waals surface area contributed by atoms with E-state index in [0.717, 1.165) is 44.6 Å². The second-order valence-corrected chi connectivity index (χ2v) is 8.97. The first-order valence-electron chi connectivity index (χ1n) is 10.9. The van der Waals surface area contributed by atoms with Crippen molar-refractivity contribution in [2.75, 3.05) is 26.9 Å². The molecule has 0 bridgehead atoms. The SMILES string of the molecule is COCCn1cc(-c2cc3nccc(-c4ccc(OC5CCOCC5)c(C#N)c4)c3s2)cn1. The van der Waals surface area contributed by atoms with Gasteiger partial charge in [0.2, 0.25) is 0 Å². The molecule has 3 aromatic heterocycles. The molecule has 0 saturated carbocycles. The van der Waals surface area contributed by atoms with E-state index in [1.54, 1.807) is 18.4 Å². The monoisotopic (exact) mass is 460 g/mol. The number of pyridine rings is 1. The van der Waals surface area contributed by atoms with Crippen LogP contribution in [0.1, 0.15) is 18.4 Å². The van der Waals surface area contributed by atoms with Crippen LogP contribution < -0.4 is 4.74 Å². The van der Waals surface area contributed by atoms with Crippen molar-refractivity contribution in [3.8, 4) is 33.4 Å². The first kappa shape index (κ1) is 21.6. The lowest BCUT2D eigenvalue weighted by Crippen LogP contribution is -2.26. The molecule has 0 amide bonds. The number of hydrogen-bond acceptors (Lipinski definition) is 7. The Kier molecular flexibility index (Phi) is 6.35. The number of hydrogen-bond donors (Lipinski definition) is 0. The number of nitrogens with zero attached hydrogens (tertiary/aromatic N) is 4. The Morgan fingerprint density at radius 3 is 2.91 bits per heavy atom. The van der Waals surface area contributed by atoms with Gasteiger partial charge in [0.1, 0.15) is 17.9 Å². The predicted molar refractivity (Wildman–Crippen MR) is 127 cm³/mol. The molecule has 1 aliphatic rings. The standard InChI is InChI=1S/C25H24N4O3S/c1-30-11-8-29-16-19(15-28-29)24-13-22-25(33-24)21(4-7-27-22)17-2-3-23(18(12-17)14-26)32-20-5-9-31-10-6-20/h2-4,7,12-13,15-16,20H,5-6,8-11H2,1H3. The van der Waals surface area contributed by atoms with Gasteiger partial charge in [-0.25, -0.2) is 0 Å². The molecule has 4 aromatic rings. The normalized spacial score (nSPS) is 14.4. The molecule has 168 valence electrons. The highest BCUT2D eigenvalue weighted by Crippen LogP contribution is 2.39. The highest BCUT2D eigenvalue weighted by Gasteiger charge is 2.18. The summed E-state index contributed by atoms with van der Waals surface area (Å²) in [7, 11) is 1.69. The average molecular weight is 461 g/mol. The van der Waals surface area contributed by atoms with Gasteiger partial charge in [0.05, 0.1) is 48.3 Å². The number of aromatic nitrogens is 3. The van der Waals surface area contributed by atoms with Crippen LogP contribution >= 0.6 is 11.3 Å². The van der Waals surface area contributed by atoms with Crippen LogP contribution in [0.2, 0.25) is 0 Å². The van der Waals surface area contributed by atoms with Crippen LogP contribution in [0.25, 0.3) is 31.8 Å². The molecule has 0 radical (unpaired) electrons. The fourth-order valence-electron chi connectivity index (χ4n) is 3.97. The van der Waals surface area contributed by atoms with E-state index in [1.807, 2.05) is 47.5 Å². The van der Waals surface area contributed by atoms with Crippen molar-refractivity contribution in [1.82, 2.24) is 14.8 Å². The second-order valence-electron chi connectivity index (χ2n) is 7.92. The summed E-state index contributed by atoms with van der Waals surface area (Å²) in [5.74, 6) is 0.633. The van der Waals surface area contributed by atoms with Crippen LogP contribution in [0, 0.1) is 11.3 Å². The molecule has 4 heterocycles. The van der Waals surface area contributed by atoms with E-state index in [9.17, 15) is 5.26 Å². The zero-order valence-electron chi connectivity index (χ0n) is 18.4. The van der Waals surface area contributed by atoms with Crippen molar-refractivity contribution in [2.24, 2.45) is 0 Å². The summed E-state index contributed by atoms with van der Waals surface area (Å²) in [6, 6.07) is 12.2. The number of fused-ring (bicyclic) bond motifs is 1. The highest BCUT2D eigenvalue weighted by atomic mass is 32.1. The smallest absolute Gasteiger partial charge is 0.137 e. The van der Waals surface area contributed by atoms with Gasteiger partial charge in [-0.05, 0) is 29.8 Å². The van der Waals surface area contributed by atoms with Crippen molar-refractivity contribution in [2.45, 2.75) is 25.5 Å². The summed E-state index contributed by atoms with van der Waals surface area (Å²) >= 11 is 1.68. The van der Waals surface area contributed by atoms with Gasteiger partial charge in [-0.2, -0.15) is 10.4 Å². The molecule has 1 aliphatic heterocycles. The van der Waals surface area contributed by atoms with Crippen LogP contribution in [0.15, 0.2) is 48.9 Å². The van der Waals surface area contributed by atoms with Gasteiger partial charge in [-0.15, -0.1) is 11.3 Å². The zero-order valence-corrected chi connectivity index (χ0v) is 19.2. The third-order valence-corrected chi connectivity index (χ3v) is 6.93. The molecule has 0 spiro atoms. The summed E-state index contributed by atoms with van der Waals surface area (Å²) in [5.41, 5.74) is 4.55. The van der Waals surface area contributed by atoms with Crippen molar-refractivity contribution in [3.63, 3.8) is 0 Å². The Hall–Kier alpha value is -3.25. The van der Waals surface area contributed by atoms with Gasteiger partial charge in [0.15, 0.2) is 0 Å². The maximum absolute atomic E-state index is 9.77. The number of rotatable bonds is 7. The lowest BCUT2D eigenvalue weighted by Gasteiger charge is -2.23. The summed E-state index contributed by atoms with van der Waals surface area (Å²) in [4.78, 5) is 5.67. The fourth-order valence-corrected chi connectivity index (χ4v) is 5.09. The number of ether oxygens (including phenoxy) is 3. The maximum atomic E-state index is 9.77. The molecule has 0 unspecified atom stereocenters. The van der Waals surface area contributed by atoms with E-state index in [0.29, 0.717) is 37.7 Å². The van der Waals surface area contributed by atoms with E-state index in [4.69, 9.17) is 14.2 Å². The van der Waals surface area contributed by atoms with Crippen molar-refractivity contribution in [3.05, 3.63) is 54.5 Å². The predicted octanol–water partition coefficient (Wildman–Crippen LogP) is 4.90.